The molecule has 1 saturated carbocycles. The Balaban J connectivity index is 1.76. The monoisotopic (exact) mass is 319 g/mol. The highest BCUT2D eigenvalue weighted by molar-refractivity contribution is 5.37. The van der Waals surface area contributed by atoms with Crippen molar-refractivity contribution in [3.8, 4) is 11.8 Å². The predicted molar refractivity (Wildman–Crippen MR) is 98.5 cm³/mol. The van der Waals surface area contributed by atoms with E-state index < -0.39 is 5.60 Å². The van der Waals surface area contributed by atoms with Crippen molar-refractivity contribution in [2.24, 2.45) is 0 Å². The molecule has 2 aromatic carbocycles. The van der Waals surface area contributed by atoms with Crippen LogP contribution in [-0.2, 0) is 0 Å². The Morgan fingerprint density at radius 1 is 1.04 bits per heavy atom. The molecule has 1 aliphatic carbocycles. The zero-order valence-corrected chi connectivity index (χ0v) is 14.2. The Hall–Kier alpha value is -2.08. The molecule has 0 amide bonds. The summed E-state index contributed by atoms with van der Waals surface area (Å²) in [6, 6.07) is 20.4. The van der Waals surface area contributed by atoms with E-state index in [1.165, 1.54) is 5.56 Å². The number of benzene rings is 2. The van der Waals surface area contributed by atoms with E-state index in [0.717, 1.165) is 31.2 Å². The number of rotatable bonds is 3. The molecule has 0 bridgehead atoms. The molecular weight excluding hydrogens is 294 g/mol. The van der Waals surface area contributed by atoms with Crippen LogP contribution in [0.25, 0.3) is 0 Å². The second-order valence-corrected chi connectivity index (χ2v) is 6.64. The van der Waals surface area contributed by atoms with Crippen molar-refractivity contribution in [2.75, 3.05) is 0 Å². The van der Waals surface area contributed by atoms with Crippen LogP contribution in [0.15, 0.2) is 60.7 Å². The van der Waals surface area contributed by atoms with Crippen LogP contribution in [0.4, 0.5) is 0 Å². The molecule has 0 spiro atoms. The van der Waals surface area contributed by atoms with Crippen molar-refractivity contribution in [3.05, 3.63) is 71.8 Å². The molecule has 0 aliphatic heterocycles. The maximum Gasteiger partial charge on any atom is 0.141 e. The van der Waals surface area contributed by atoms with E-state index in [4.69, 9.17) is 0 Å². The average molecular weight is 319 g/mol. The third-order valence-corrected chi connectivity index (χ3v) is 4.83. The molecular formula is C22H25NO. The Morgan fingerprint density at radius 3 is 2.42 bits per heavy atom. The van der Waals surface area contributed by atoms with Gasteiger partial charge in [0.25, 0.3) is 0 Å². The van der Waals surface area contributed by atoms with E-state index >= 15 is 0 Å². The summed E-state index contributed by atoms with van der Waals surface area (Å²) >= 11 is 0. The quantitative estimate of drug-likeness (QED) is 0.836. The lowest BCUT2D eigenvalue weighted by Gasteiger charge is -2.38. The van der Waals surface area contributed by atoms with Gasteiger partial charge in [0.15, 0.2) is 0 Å². The van der Waals surface area contributed by atoms with Gasteiger partial charge in [-0.2, -0.15) is 0 Å². The first-order chi connectivity index (χ1) is 11.7. The highest BCUT2D eigenvalue weighted by Crippen LogP contribution is 2.30. The molecule has 2 aromatic rings. The molecule has 2 N–H and O–H groups in total. The number of aliphatic hydroxyl groups is 1. The zero-order valence-electron chi connectivity index (χ0n) is 14.2. The van der Waals surface area contributed by atoms with Crippen molar-refractivity contribution < 1.29 is 5.11 Å². The summed E-state index contributed by atoms with van der Waals surface area (Å²) in [5.41, 5.74) is 1.23. The van der Waals surface area contributed by atoms with E-state index in [2.05, 4.69) is 48.3 Å². The minimum Gasteiger partial charge on any atom is -0.376 e. The molecule has 24 heavy (non-hydrogen) atoms. The summed E-state index contributed by atoms with van der Waals surface area (Å²) in [5.74, 6) is 6.32. The molecule has 2 heteroatoms. The molecule has 0 aromatic heterocycles. The van der Waals surface area contributed by atoms with Crippen LogP contribution in [0.3, 0.4) is 0 Å². The largest absolute Gasteiger partial charge is 0.376 e. The molecule has 1 aliphatic rings. The molecule has 3 rings (SSSR count). The Bertz CT molecular complexity index is 701. The molecule has 0 unspecified atom stereocenters. The first-order valence-corrected chi connectivity index (χ1v) is 8.79. The number of nitrogens with one attached hydrogen (secondary N) is 1. The third-order valence-electron chi connectivity index (χ3n) is 4.83. The maximum atomic E-state index is 11.2. The number of hydrogen-bond acceptors (Lipinski definition) is 2. The fourth-order valence-electron chi connectivity index (χ4n) is 3.37. The molecule has 3 atom stereocenters. The number of hydrogen-bond donors (Lipinski definition) is 2. The minimum atomic E-state index is -0.961. The summed E-state index contributed by atoms with van der Waals surface area (Å²) < 4.78 is 0. The summed E-state index contributed by atoms with van der Waals surface area (Å²) in [5, 5.41) is 14.8. The van der Waals surface area contributed by atoms with E-state index in [1.54, 1.807) is 0 Å². The topological polar surface area (TPSA) is 32.3 Å². The normalized spacial score (nSPS) is 24.7. The van der Waals surface area contributed by atoms with Crippen LogP contribution in [0.5, 0.6) is 0 Å². The van der Waals surface area contributed by atoms with Gasteiger partial charge in [-0.15, -0.1) is 0 Å². The van der Waals surface area contributed by atoms with Gasteiger partial charge in [-0.3, -0.25) is 0 Å². The van der Waals surface area contributed by atoms with Crippen LogP contribution in [0.2, 0.25) is 0 Å². The van der Waals surface area contributed by atoms with Gasteiger partial charge in [0.2, 0.25) is 0 Å². The zero-order chi connectivity index (χ0) is 16.8. The summed E-state index contributed by atoms with van der Waals surface area (Å²) in [7, 11) is 0. The SMILES string of the molecule is C[C@@H](N[C@H]1CCCC[C@@]1(O)C#Cc1ccccc1)c1ccccc1. The van der Waals surface area contributed by atoms with Gasteiger partial charge >= 0.3 is 0 Å². The second kappa shape index (κ2) is 7.66. The van der Waals surface area contributed by atoms with E-state index in [1.807, 2.05) is 36.4 Å². The average Bonchev–Trinajstić information content (AvgIpc) is 2.64. The smallest absolute Gasteiger partial charge is 0.141 e. The Labute approximate surface area is 144 Å². The molecule has 0 heterocycles. The lowest BCUT2D eigenvalue weighted by molar-refractivity contribution is 0.0221. The maximum absolute atomic E-state index is 11.2. The summed E-state index contributed by atoms with van der Waals surface area (Å²) in [6.07, 6.45) is 3.84. The highest BCUT2D eigenvalue weighted by Gasteiger charge is 2.38. The van der Waals surface area contributed by atoms with Gasteiger partial charge in [-0.05, 0) is 43.9 Å². The van der Waals surface area contributed by atoms with E-state index in [0.29, 0.717) is 0 Å². The first-order valence-electron chi connectivity index (χ1n) is 8.79. The minimum absolute atomic E-state index is 0.00216. The van der Waals surface area contributed by atoms with Crippen LogP contribution >= 0.6 is 0 Å². The summed E-state index contributed by atoms with van der Waals surface area (Å²) in [4.78, 5) is 0. The van der Waals surface area contributed by atoms with Crippen LogP contribution in [0.1, 0.15) is 49.8 Å². The lowest BCUT2D eigenvalue weighted by Crippen LogP contribution is -2.52. The summed E-state index contributed by atoms with van der Waals surface area (Å²) in [6.45, 7) is 2.15. The Morgan fingerprint density at radius 2 is 1.71 bits per heavy atom. The first kappa shape index (κ1) is 16.8. The standard InChI is InChI=1S/C22H25NO/c1-18(20-12-6-3-7-13-20)23-21-14-8-9-16-22(21,24)17-15-19-10-4-2-5-11-19/h2-7,10-13,18,21,23-24H,8-9,14,16H2,1H3/t18-,21+,22-/m1/s1. The molecule has 2 nitrogen and oxygen atoms in total. The van der Waals surface area contributed by atoms with Crippen LogP contribution in [0, 0.1) is 11.8 Å². The van der Waals surface area contributed by atoms with E-state index in [9.17, 15) is 5.11 Å². The fraction of sp³-hybridized carbons (Fsp3) is 0.364. The van der Waals surface area contributed by atoms with Crippen molar-refractivity contribution in [3.63, 3.8) is 0 Å². The van der Waals surface area contributed by atoms with Crippen molar-refractivity contribution in [1.29, 1.82) is 0 Å². The molecule has 0 radical (unpaired) electrons. The van der Waals surface area contributed by atoms with E-state index in [-0.39, 0.29) is 12.1 Å². The predicted octanol–water partition coefficient (Wildman–Crippen LogP) is 4.06. The fourth-order valence-corrected chi connectivity index (χ4v) is 3.37. The van der Waals surface area contributed by atoms with Crippen molar-refractivity contribution >= 4 is 0 Å². The van der Waals surface area contributed by atoms with Gasteiger partial charge in [0.05, 0.1) is 0 Å². The van der Waals surface area contributed by atoms with Crippen molar-refractivity contribution in [2.45, 2.75) is 50.3 Å². The van der Waals surface area contributed by atoms with Gasteiger partial charge in [-0.25, -0.2) is 0 Å². The van der Waals surface area contributed by atoms with Crippen LogP contribution in [-0.4, -0.2) is 16.7 Å². The molecule has 1 fully saturated rings. The van der Waals surface area contributed by atoms with Gasteiger partial charge in [0.1, 0.15) is 5.60 Å². The third kappa shape index (κ3) is 4.06. The van der Waals surface area contributed by atoms with Gasteiger partial charge in [0, 0.05) is 17.6 Å². The van der Waals surface area contributed by atoms with Crippen LogP contribution < -0.4 is 5.32 Å². The molecule has 0 saturated heterocycles. The second-order valence-electron chi connectivity index (χ2n) is 6.64. The van der Waals surface area contributed by atoms with Gasteiger partial charge in [-0.1, -0.05) is 66.8 Å². The Kier molecular flexibility index (Phi) is 5.35. The highest BCUT2D eigenvalue weighted by atomic mass is 16.3. The molecule has 124 valence electrons. The lowest BCUT2D eigenvalue weighted by atomic mass is 9.80. The van der Waals surface area contributed by atoms with Crippen molar-refractivity contribution in [1.82, 2.24) is 5.32 Å². The van der Waals surface area contributed by atoms with Gasteiger partial charge < -0.3 is 10.4 Å².